The highest BCUT2D eigenvalue weighted by atomic mass is 16.3. The summed E-state index contributed by atoms with van der Waals surface area (Å²) in [6, 6.07) is 9.29. The van der Waals surface area contributed by atoms with Gasteiger partial charge < -0.3 is 10.4 Å². The molecule has 1 heterocycles. The van der Waals surface area contributed by atoms with Crippen LogP contribution in [-0.2, 0) is 20.0 Å². The molecule has 2 rings (SSSR count). The number of benzene rings is 1. The van der Waals surface area contributed by atoms with Crippen molar-refractivity contribution in [1.82, 2.24) is 15.1 Å². The van der Waals surface area contributed by atoms with Gasteiger partial charge in [-0.3, -0.25) is 4.68 Å². The average molecular weight is 231 g/mol. The topological polar surface area (TPSA) is 50.1 Å². The first-order valence-electron chi connectivity index (χ1n) is 5.71. The van der Waals surface area contributed by atoms with Gasteiger partial charge >= 0.3 is 0 Å². The van der Waals surface area contributed by atoms with Gasteiger partial charge in [-0.2, -0.15) is 5.10 Å². The summed E-state index contributed by atoms with van der Waals surface area (Å²) in [7, 11) is 1.95. The maximum absolute atomic E-state index is 9.15. The van der Waals surface area contributed by atoms with Crippen molar-refractivity contribution in [3.8, 4) is 5.75 Å². The summed E-state index contributed by atoms with van der Waals surface area (Å²) in [6.07, 6.45) is 2.78. The van der Waals surface area contributed by atoms with E-state index < -0.39 is 0 Å². The molecule has 0 radical (unpaired) electrons. The van der Waals surface area contributed by atoms with Crippen molar-refractivity contribution in [1.29, 1.82) is 0 Å². The molecule has 0 aliphatic carbocycles. The van der Waals surface area contributed by atoms with Gasteiger partial charge in [0.2, 0.25) is 0 Å². The van der Waals surface area contributed by atoms with Crippen molar-refractivity contribution in [2.75, 3.05) is 6.54 Å². The Morgan fingerprint density at radius 3 is 2.65 bits per heavy atom. The molecule has 0 bridgehead atoms. The lowest BCUT2D eigenvalue weighted by Gasteiger charge is -2.05. The van der Waals surface area contributed by atoms with Gasteiger partial charge in [-0.15, -0.1) is 0 Å². The van der Waals surface area contributed by atoms with Crippen LogP contribution in [0.25, 0.3) is 0 Å². The van der Waals surface area contributed by atoms with Crippen LogP contribution in [0.3, 0.4) is 0 Å². The maximum Gasteiger partial charge on any atom is 0.115 e. The molecule has 0 amide bonds. The average Bonchev–Trinajstić information content (AvgIpc) is 2.73. The van der Waals surface area contributed by atoms with Crippen molar-refractivity contribution >= 4 is 0 Å². The molecule has 1 aromatic carbocycles. The highest BCUT2D eigenvalue weighted by Gasteiger charge is 1.98. The molecule has 4 nitrogen and oxygen atoms in total. The van der Waals surface area contributed by atoms with E-state index in [-0.39, 0.29) is 0 Å². The Labute approximate surface area is 101 Å². The summed E-state index contributed by atoms with van der Waals surface area (Å²) in [4.78, 5) is 0. The predicted octanol–water partition coefficient (Wildman–Crippen LogP) is 1.46. The summed E-state index contributed by atoms with van der Waals surface area (Å²) >= 11 is 0. The second-order valence-electron chi connectivity index (χ2n) is 4.04. The third-order valence-electron chi connectivity index (χ3n) is 2.75. The van der Waals surface area contributed by atoms with Crippen LogP contribution in [-0.4, -0.2) is 21.4 Å². The lowest BCUT2D eigenvalue weighted by Crippen LogP contribution is -2.17. The molecule has 0 fully saturated rings. The van der Waals surface area contributed by atoms with E-state index in [9.17, 15) is 0 Å². The fourth-order valence-corrected chi connectivity index (χ4v) is 1.71. The summed E-state index contributed by atoms with van der Waals surface area (Å²) in [5.41, 5.74) is 2.40. The standard InChI is InChI=1S/C13H17N3O/c1-16-12(7-9-15-16)6-8-14-10-11-2-4-13(17)5-3-11/h2-5,7,9,14,17H,6,8,10H2,1H3. The Kier molecular flexibility index (Phi) is 3.77. The van der Waals surface area contributed by atoms with Gasteiger partial charge in [-0.1, -0.05) is 12.1 Å². The Balaban J connectivity index is 1.73. The summed E-state index contributed by atoms with van der Waals surface area (Å²) in [5.74, 6) is 0.309. The van der Waals surface area contributed by atoms with Crippen molar-refractivity contribution in [2.45, 2.75) is 13.0 Å². The summed E-state index contributed by atoms with van der Waals surface area (Å²) < 4.78 is 1.89. The number of nitrogens with zero attached hydrogens (tertiary/aromatic N) is 2. The van der Waals surface area contributed by atoms with E-state index in [4.69, 9.17) is 5.11 Å². The van der Waals surface area contributed by atoms with Crippen molar-refractivity contribution in [2.24, 2.45) is 7.05 Å². The van der Waals surface area contributed by atoms with E-state index in [1.54, 1.807) is 12.1 Å². The third kappa shape index (κ3) is 3.32. The second-order valence-corrected chi connectivity index (χ2v) is 4.04. The van der Waals surface area contributed by atoms with Crippen molar-refractivity contribution in [3.05, 3.63) is 47.8 Å². The molecule has 0 atom stereocenters. The largest absolute Gasteiger partial charge is 0.508 e. The number of aromatic hydroxyl groups is 1. The molecule has 0 saturated heterocycles. The Morgan fingerprint density at radius 2 is 2.00 bits per heavy atom. The molecule has 4 heteroatoms. The zero-order valence-corrected chi connectivity index (χ0v) is 9.93. The lowest BCUT2D eigenvalue weighted by molar-refractivity contribution is 0.475. The molecule has 0 unspecified atom stereocenters. The molecule has 0 saturated carbocycles. The number of phenolic OH excluding ortho intramolecular Hbond substituents is 1. The Bertz CT molecular complexity index is 462. The van der Waals surface area contributed by atoms with Crippen molar-refractivity contribution in [3.63, 3.8) is 0 Å². The zero-order chi connectivity index (χ0) is 12.1. The number of hydrogen-bond donors (Lipinski definition) is 2. The highest BCUT2D eigenvalue weighted by molar-refractivity contribution is 5.25. The fraction of sp³-hybridized carbons (Fsp3) is 0.308. The number of rotatable bonds is 5. The van der Waals surface area contributed by atoms with Gasteiger partial charge in [0.25, 0.3) is 0 Å². The second kappa shape index (κ2) is 5.50. The quantitative estimate of drug-likeness (QED) is 0.766. The molecule has 0 spiro atoms. The van der Waals surface area contributed by atoms with Gasteiger partial charge in [0, 0.05) is 38.4 Å². The van der Waals surface area contributed by atoms with Crippen LogP contribution in [0.1, 0.15) is 11.3 Å². The highest BCUT2D eigenvalue weighted by Crippen LogP contribution is 2.09. The van der Waals surface area contributed by atoms with Crippen LogP contribution in [0.5, 0.6) is 5.75 Å². The van der Waals surface area contributed by atoms with Crippen LogP contribution in [0, 0.1) is 0 Å². The monoisotopic (exact) mass is 231 g/mol. The van der Waals surface area contributed by atoms with E-state index in [1.165, 1.54) is 11.3 Å². The molecule has 90 valence electrons. The first-order chi connectivity index (χ1) is 8.25. The van der Waals surface area contributed by atoms with Crippen LogP contribution < -0.4 is 5.32 Å². The molecule has 17 heavy (non-hydrogen) atoms. The molecule has 2 aromatic rings. The first kappa shape index (κ1) is 11.7. The van der Waals surface area contributed by atoms with Gasteiger partial charge in [-0.05, 0) is 23.8 Å². The first-order valence-corrected chi connectivity index (χ1v) is 5.71. The number of aryl methyl sites for hydroxylation is 1. The molecular weight excluding hydrogens is 214 g/mol. The van der Waals surface area contributed by atoms with Crippen LogP contribution in [0.2, 0.25) is 0 Å². The summed E-state index contributed by atoms with van der Waals surface area (Å²) in [5, 5.41) is 16.6. The van der Waals surface area contributed by atoms with E-state index in [1.807, 2.05) is 36.1 Å². The molecule has 2 N–H and O–H groups in total. The van der Waals surface area contributed by atoms with Crippen molar-refractivity contribution < 1.29 is 5.11 Å². The van der Waals surface area contributed by atoms with Gasteiger partial charge in [0.1, 0.15) is 5.75 Å². The fourth-order valence-electron chi connectivity index (χ4n) is 1.71. The third-order valence-corrected chi connectivity index (χ3v) is 2.75. The smallest absolute Gasteiger partial charge is 0.115 e. The Hall–Kier alpha value is -1.81. The molecule has 0 aliphatic heterocycles. The van der Waals surface area contributed by atoms with E-state index >= 15 is 0 Å². The minimum absolute atomic E-state index is 0.309. The minimum atomic E-state index is 0.309. The summed E-state index contributed by atoms with van der Waals surface area (Å²) in [6.45, 7) is 1.73. The van der Waals surface area contributed by atoms with Crippen LogP contribution >= 0.6 is 0 Å². The maximum atomic E-state index is 9.15. The van der Waals surface area contributed by atoms with E-state index in [0.717, 1.165) is 19.5 Å². The van der Waals surface area contributed by atoms with Gasteiger partial charge in [-0.25, -0.2) is 0 Å². The molecular formula is C13H17N3O. The normalized spacial score (nSPS) is 10.6. The predicted molar refractivity (Wildman–Crippen MR) is 66.7 cm³/mol. The molecule has 0 aliphatic rings. The van der Waals surface area contributed by atoms with Crippen LogP contribution in [0.15, 0.2) is 36.5 Å². The number of hydrogen-bond acceptors (Lipinski definition) is 3. The lowest BCUT2D eigenvalue weighted by atomic mass is 10.2. The number of phenols is 1. The van der Waals surface area contributed by atoms with Gasteiger partial charge in [0.15, 0.2) is 0 Å². The SMILES string of the molecule is Cn1nccc1CCNCc1ccc(O)cc1. The van der Waals surface area contributed by atoms with E-state index in [2.05, 4.69) is 10.4 Å². The van der Waals surface area contributed by atoms with Crippen LogP contribution in [0.4, 0.5) is 0 Å². The van der Waals surface area contributed by atoms with Gasteiger partial charge in [0.05, 0.1) is 0 Å². The Morgan fingerprint density at radius 1 is 1.24 bits per heavy atom. The zero-order valence-electron chi connectivity index (χ0n) is 9.93. The number of nitrogens with one attached hydrogen (secondary N) is 1. The minimum Gasteiger partial charge on any atom is -0.508 e. The number of aromatic nitrogens is 2. The van der Waals surface area contributed by atoms with E-state index in [0.29, 0.717) is 5.75 Å². The molecule has 1 aromatic heterocycles.